The summed E-state index contributed by atoms with van der Waals surface area (Å²) in [6.07, 6.45) is 0. The molecule has 0 radical (unpaired) electrons. The fourth-order valence-electron chi connectivity index (χ4n) is 0.804. The summed E-state index contributed by atoms with van der Waals surface area (Å²) in [5.41, 5.74) is 10.3. The van der Waals surface area contributed by atoms with Crippen LogP contribution in [0, 0.1) is 11.3 Å². The first-order valence-corrected chi connectivity index (χ1v) is 3.87. The average molecular weight is 172 g/mol. The predicted octanol–water partition coefficient (Wildman–Crippen LogP) is -0.0409. The van der Waals surface area contributed by atoms with Crippen molar-refractivity contribution in [1.82, 2.24) is 4.90 Å². The van der Waals surface area contributed by atoms with Crippen LogP contribution in [-0.2, 0) is 0 Å². The second-order valence-corrected chi connectivity index (χ2v) is 2.73. The maximum atomic E-state index is 10.7. The zero-order valence-electron chi connectivity index (χ0n) is 7.50. The summed E-state index contributed by atoms with van der Waals surface area (Å²) in [4.78, 5) is 12.2. The van der Waals surface area contributed by atoms with Crippen molar-refractivity contribution in [2.45, 2.75) is 13.8 Å². The molecular formula is C7H16N4O. The lowest BCUT2D eigenvalue weighted by molar-refractivity contribution is 0.207. The number of hydrogen-bond donors (Lipinski definition) is 3. The second kappa shape index (κ2) is 4.58. The lowest BCUT2D eigenvalue weighted by Gasteiger charge is -2.21. The van der Waals surface area contributed by atoms with E-state index < -0.39 is 6.03 Å². The molecule has 70 valence electrons. The van der Waals surface area contributed by atoms with Gasteiger partial charge in [-0.25, -0.2) is 4.79 Å². The second-order valence-electron chi connectivity index (χ2n) is 2.73. The van der Waals surface area contributed by atoms with Gasteiger partial charge in [-0.3, -0.25) is 5.41 Å². The molecule has 5 heteroatoms. The number of amides is 2. The number of hydrogen-bond acceptors (Lipinski definition) is 2. The smallest absolute Gasteiger partial charge is 0.314 e. The van der Waals surface area contributed by atoms with E-state index in [1.165, 1.54) is 4.90 Å². The summed E-state index contributed by atoms with van der Waals surface area (Å²) < 4.78 is 0. The molecule has 5 N–H and O–H groups in total. The van der Waals surface area contributed by atoms with Gasteiger partial charge >= 0.3 is 6.03 Å². The highest BCUT2D eigenvalue weighted by Gasteiger charge is 2.13. The van der Waals surface area contributed by atoms with Crippen LogP contribution in [0.2, 0.25) is 0 Å². The maximum Gasteiger partial charge on any atom is 0.314 e. The lowest BCUT2D eigenvalue weighted by atomic mass is 10.1. The summed E-state index contributed by atoms with van der Waals surface area (Å²) in [7, 11) is 0. The average Bonchev–Trinajstić information content (AvgIpc) is 1.98. The zero-order valence-corrected chi connectivity index (χ0v) is 7.50. The van der Waals surface area contributed by atoms with E-state index in [1.54, 1.807) is 6.92 Å². The predicted molar refractivity (Wildman–Crippen MR) is 47.9 cm³/mol. The molecule has 0 aliphatic carbocycles. The first kappa shape index (κ1) is 10.7. The maximum absolute atomic E-state index is 10.7. The highest BCUT2D eigenvalue weighted by Crippen LogP contribution is 1.98. The molecule has 1 atom stereocenters. The minimum absolute atomic E-state index is 0.0784. The van der Waals surface area contributed by atoms with E-state index >= 15 is 0 Å². The van der Waals surface area contributed by atoms with Gasteiger partial charge in [-0.1, -0.05) is 6.92 Å². The molecule has 0 saturated heterocycles. The molecule has 0 saturated carbocycles. The molecular weight excluding hydrogens is 156 g/mol. The number of urea groups is 1. The Bertz CT molecular complexity index is 180. The summed E-state index contributed by atoms with van der Waals surface area (Å²) in [6, 6.07) is -0.467. The summed E-state index contributed by atoms with van der Waals surface area (Å²) >= 11 is 0. The monoisotopic (exact) mass is 172 g/mol. The minimum atomic E-state index is -0.467. The van der Waals surface area contributed by atoms with Crippen molar-refractivity contribution in [2.75, 3.05) is 13.1 Å². The molecule has 0 fully saturated rings. The molecule has 1 unspecified atom stereocenters. The molecule has 12 heavy (non-hydrogen) atoms. The van der Waals surface area contributed by atoms with Crippen LogP contribution >= 0.6 is 0 Å². The standard InChI is InChI=1S/C7H16N4O/c1-3-11(7(10)12)4-5(2)6(8)9/h5H,3-4H2,1-2H3,(H3,8,9)(H2,10,12). The quantitative estimate of drug-likeness (QED) is 0.409. The molecule has 5 nitrogen and oxygen atoms in total. The largest absolute Gasteiger partial charge is 0.387 e. The van der Waals surface area contributed by atoms with Crippen molar-refractivity contribution in [2.24, 2.45) is 17.4 Å². The van der Waals surface area contributed by atoms with Gasteiger partial charge in [0.2, 0.25) is 0 Å². The normalized spacial score (nSPS) is 12.2. The number of carbonyl (C=O) groups is 1. The van der Waals surface area contributed by atoms with E-state index in [0.29, 0.717) is 13.1 Å². The number of rotatable bonds is 4. The first-order chi connectivity index (χ1) is 5.49. The van der Waals surface area contributed by atoms with Crippen LogP contribution in [-0.4, -0.2) is 29.9 Å². The number of nitrogens with two attached hydrogens (primary N) is 2. The highest BCUT2D eigenvalue weighted by molar-refractivity contribution is 5.80. The molecule has 2 amide bonds. The fraction of sp³-hybridized carbons (Fsp3) is 0.714. The van der Waals surface area contributed by atoms with Crippen LogP contribution in [0.15, 0.2) is 0 Å². The fourth-order valence-corrected chi connectivity index (χ4v) is 0.804. The molecule has 0 aromatic rings. The summed E-state index contributed by atoms with van der Waals surface area (Å²) in [5, 5.41) is 7.11. The van der Waals surface area contributed by atoms with E-state index in [9.17, 15) is 4.79 Å². The SMILES string of the molecule is CCN(CC(C)C(=N)N)C(N)=O. The summed E-state index contributed by atoms with van der Waals surface area (Å²) in [5.74, 6) is -0.0489. The Morgan fingerprint density at radius 1 is 1.58 bits per heavy atom. The molecule has 0 bridgehead atoms. The molecule has 0 heterocycles. The molecule has 0 aromatic carbocycles. The van der Waals surface area contributed by atoms with Crippen LogP contribution < -0.4 is 11.5 Å². The van der Waals surface area contributed by atoms with Crippen LogP contribution in [0.5, 0.6) is 0 Å². The van der Waals surface area contributed by atoms with Gasteiger partial charge in [0.25, 0.3) is 0 Å². The number of nitrogens with zero attached hydrogens (tertiary/aromatic N) is 1. The van der Waals surface area contributed by atoms with Crippen molar-refractivity contribution in [1.29, 1.82) is 5.41 Å². The van der Waals surface area contributed by atoms with Crippen molar-refractivity contribution < 1.29 is 4.79 Å². The van der Waals surface area contributed by atoms with Crippen LogP contribution in [0.1, 0.15) is 13.8 Å². The third-order valence-electron chi connectivity index (χ3n) is 1.72. The van der Waals surface area contributed by atoms with Gasteiger partial charge in [-0.2, -0.15) is 0 Å². The lowest BCUT2D eigenvalue weighted by Crippen LogP contribution is -2.41. The van der Waals surface area contributed by atoms with Gasteiger partial charge in [-0.05, 0) is 6.92 Å². The third-order valence-corrected chi connectivity index (χ3v) is 1.72. The Balaban J connectivity index is 4.02. The number of carbonyl (C=O) groups excluding carboxylic acids is 1. The van der Waals surface area contributed by atoms with E-state index in [1.807, 2.05) is 6.92 Å². The van der Waals surface area contributed by atoms with Gasteiger partial charge in [0.15, 0.2) is 0 Å². The van der Waals surface area contributed by atoms with Gasteiger partial charge in [0, 0.05) is 19.0 Å². The van der Waals surface area contributed by atoms with Crippen LogP contribution in [0.3, 0.4) is 0 Å². The third kappa shape index (κ3) is 3.23. The topological polar surface area (TPSA) is 96.2 Å². The number of amidine groups is 1. The van der Waals surface area contributed by atoms with Gasteiger partial charge in [-0.15, -0.1) is 0 Å². The molecule has 0 rings (SSSR count). The van der Waals surface area contributed by atoms with E-state index in [4.69, 9.17) is 16.9 Å². The first-order valence-electron chi connectivity index (χ1n) is 3.87. The Morgan fingerprint density at radius 2 is 2.08 bits per heavy atom. The zero-order chi connectivity index (χ0) is 9.72. The molecule has 0 aliphatic heterocycles. The Hall–Kier alpha value is -1.26. The van der Waals surface area contributed by atoms with Gasteiger partial charge in [0.1, 0.15) is 0 Å². The van der Waals surface area contributed by atoms with E-state index in [2.05, 4.69) is 0 Å². The van der Waals surface area contributed by atoms with Crippen molar-refractivity contribution in [3.8, 4) is 0 Å². The molecule has 0 spiro atoms. The highest BCUT2D eigenvalue weighted by atomic mass is 16.2. The Morgan fingerprint density at radius 3 is 2.33 bits per heavy atom. The Kier molecular flexibility index (Phi) is 4.10. The minimum Gasteiger partial charge on any atom is -0.387 e. The van der Waals surface area contributed by atoms with Gasteiger partial charge < -0.3 is 16.4 Å². The van der Waals surface area contributed by atoms with Crippen molar-refractivity contribution in [3.05, 3.63) is 0 Å². The van der Waals surface area contributed by atoms with Crippen molar-refractivity contribution in [3.63, 3.8) is 0 Å². The van der Waals surface area contributed by atoms with Crippen molar-refractivity contribution >= 4 is 11.9 Å². The summed E-state index contributed by atoms with van der Waals surface area (Å²) in [6.45, 7) is 4.58. The van der Waals surface area contributed by atoms with Crippen LogP contribution in [0.4, 0.5) is 4.79 Å². The molecule has 0 aliphatic rings. The Labute approximate surface area is 72.2 Å². The molecule has 0 aromatic heterocycles. The number of nitrogens with one attached hydrogen (secondary N) is 1. The van der Waals surface area contributed by atoms with E-state index in [0.717, 1.165) is 0 Å². The number of primary amides is 1. The van der Waals surface area contributed by atoms with Crippen LogP contribution in [0.25, 0.3) is 0 Å². The van der Waals surface area contributed by atoms with E-state index in [-0.39, 0.29) is 11.8 Å². The van der Waals surface area contributed by atoms with Gasteiger partial charge in [0.05, 0.1) is 5.84 Å².